The van der Waals surface area contributed by atoms with Gasteiger partial charge >= 0.3 is 6.03 Å². The molecule has 150 valence electrons. The standard InChI is InChI=1S/C21H21N3O5/c1-3-17(25)14-9-11-16(12-10-14)29-13-18(26)23-24-19(27)21(2,22-20(24)28)15-7-5-4-6-8-15/h4-12H,3,13H2,1-2H3,(H,22,28)(H,23,26)/t21-/m1/s1. The Bertz CT molecular complexity index is 943. The Hall–Kier alpha value is -3.68. The molecule has 1 aliphatic heterocycles. The first-order valence-electron chi connectivity index (χ1n) is 9.13. The summed E-state index contributed by atoms with van der Waals surface area (Å²) in [6.07, 6.45) is 0.399. The third kappa shape index (κ3) is 4.11. The summed E-state index contributed by atoms with van der Waals surface area (Å²) in [5.74, 6) is -0.863. The maximum Gasteiger partial charge on any atom is 0.344 e. The summed E-state index contributed by atoms with van der Waals surface area (Å²) in [5.41, 5.74) is 2.16. The minimum absolute atomic E-state index is 0.00863. The van der Waals surface area contributed by atoms with Crippen molar-refractivity contribution in [3.8, 4) is 5.75 Å². The number of urea groups is 1. The third-order valence-corrected chi connectivity index (χ3v) is 4.65. The van der Waals surface area contributed by atoms with Crippen LogP contribution in [0, 0.1) is 0 Å². The summed E-state index contributed by atoms with van der Waals surface area (Å²) in [6, 6.07) is 14.4. The van der Waals surface area contributed by atoms with E-state index in [1.54, 1.807) is 68.4 Å². The maximum atomic E-state index is 12.7. The van der Waals surface area contributed by atoms with Crippen LogP contribution in [-0.2, 0) is 15.1 Å². The molecule has 1 heterocycles. The second-order valence-electron chi connectivity index (χ2n) is 6.69. The molecule has 0 unspecified atom stereocenters. The van der Waals surface area contributed by atoms with Gasteiger partial charge in [0.15, 0.2) is 12.4 Å². The van der Waals surface area contributed by atoms with Gasteiger partial charge in [0.05, 0.1) is 0 Å². The number of ketones is 1. The van der Waals surface area contributed by atoms with Crippen LogP contribution in [0.5, 0.6) is 5.75 Å². The molecule has 0 aliphatic carbocycles. The van der Waals surface area contributed by atoms with Crippen LogP contribution in [0.25, 0.3) is 0 Å². The Morgan fingerprint density at radius 1 is 1.07 bits per heavy atom. The van der Waals surface area contributed by atoms with Crippen LogP contribution >= 0.6 is 0 Å². The fourth-order valence-corrected chi connectivity index (χ4v) is 2.95. The summed E-state index contributed by atoms with van der Waals surface area (Å²) < 4.78 is 5.36. The largest absolute Gasteiger partial charge is 0.484 e. The van der Waals surface area contributed by atoms with Crippen LogP contribution in [0.3, 0.4) is 0 Å². The van der Waals surface area contributed by atoms with E-state index in [0.29, 0.717) is 28.3 Å². The Morgan fingerprint density at radius 3 is 2.34 bits per heavy atom. The molecular weight excluding hydrogens is 374 g/mol. The van der Waals surface area contributed by atoms with Gasteiger partial charge in [-0.05, 0) is 36.8 Å². The van der Waals surface area contributed by atoms with Crippen LogP contribution in [-0.4, -0.2) is 35.2 Å². The monoisotopic (exact) mass is 395 g/mol. The summed E-state index contributed by atoms with van der Waals surface area (Å²) in [4.78, 5) is 48.7. The highest BCUT2D eigenvalue weighted by atomic mass is 16.5. The topological polar surface area (TPSA) is 105 Å². The third-order valence-electron chi connectivity index (χ3n) is 4.65. The molecule has 0 saturated carbocycles. The number of nitrogens with one attached hydrogen (secondary N) is 2. The summed E-state index contributed by atoms with van der Waals surface area (Å²) >= 11 is 0. The summed E-state index contributed by atoms with van der Waals surface area (Å²) in [7, 11) is 0. The molecular formula is C21H21N3O5. The first kappa shape index (κ1) is 20.1. The zero-order chi connectivity index (χ0) is 21.0. The summed E-state index contributed by atoms with van der Waals surface area (Å²) in [5, 5.41) is 3.25. The summed E-state index contributed by atoms with van der Waals surface area (Å²) in [6.45, 7) is 2.94. The van der Waals surface area contributed by atoms with Gasteiger partial charge in [-0.3, -0.25) is 19.8 Å². The smallest absolute Gasteiger partial charge is 0.344 e. The number of Topliss-reactive ketones (excluding diaryl/α,β-unsaturated/α-hetero) is 1. The predicted molar refractivity (Wildman–Crippen MR) is 104 cm³/mol. The lowest BCUT2D eigenvalue weighted by atomic mass is 9.92. The molecule has 0 radical (unpaired) electrons. The SMILES string of the molecule is CCC(=O)c1ccc(OCC(=O)NN2C(=O)N[C@](C)(c3ccccc3)C2=O)cc1. The van der Waals surface area contributed by atoms with Crippen LogP contribution in [0.1, 0.15) is 36.2 Å². The van der Waals surface area contributed by atoms with Crippen LogP contribution < -0.4 is 15.5 Å². The molecule has 0 spiro atoms. The van der Waals surface area contributed by atoms with E-state index in [4.69, 9.17) is 4.74 Å². The predicted octanol–water partition coefficient (Wildman–Crippen LogP) is 2.16. The van der Waals surface area contributed by atoms with Crippen molar-refractivity contribution in [1.82, 2.24) is 15.8 Å². The van der Waals surface area contributed by atoms with E-state index in [9.17, 15) is 19.2 Å². The fraction of sp³-hybridized carbons (Fsp3) is 0.238. The molecule has 29 heavy (non-hydrogen) atoms. The van der Waals surface area contributed by atoms with E-state index >= 15 is 0 Å². The van der Waals surface area contributed by atoms with Gasteiger partial charge in [0.1, 0.15) is 11.3 Å². The maximum absolute atomic E-state index is 12.7. The molecule has 2 N–H and O–H groups in total. The lowest BCUT2D eigenvalue weighted by Gasteiger charge is -2.22. The molecule has 8 heteroatoms. The lowest BCUT2D eigenvalue weighted by molar-refractivity contribution is -0.139. The van der Waals surface area contributed by atoms with Crippen molar-refractivity contribution in [2.75, 3.05) is 6.61 Å². The Kier molecular flexibility index (Phi) is 5.63. The highest BCUT2D eigenvalue weighted by Crippen LogP contribution is 2.27. The molecule has 3 rings (SSSR count). The Morgan fingerprint density at radius 2 is 1.72 bits per heavy atom. The number of imide groups is 1. The number of carbonyl (C=O) groups is 4. The second-order valence-corrected chi connectivity index (χ2v) is 6.69. The normalized spacial score (nSPS) is 18.3. The number of amides is 4. The Balaban J connectivity index is 1.60. The Labute approximate surface area is 167 Å². The average molecular weight is 395 g/mol. The number of hydrogen-bond acceptors (Lipinski definition) is 5. The molecule has 1 saturated heterocycles. The van der Waals surface area contributed by atoms with Gasteiger partial charge in [0.25, 0.3) is 11.8 Å². The zero-order valence-corrected chi connectivity index (χ0v) is 16.1. The van der Waals surface area contributed by atoms with Crippen molar-refractivity contribution in [2.45, 2.75) is 25.8 Å². The number of rotatable bonds is 7. The van der Waals surface area contributed by atoms with Gasteiger partial charge < -0.3 is 10.1 Å². The molecule has 0 bridgehead atoms. The highest BCUT2D eigenvalue weighted by molar-refractivity contribution is 6.08. The molecule has 1 fully saturated rings. The van der Waals surface area contributed by atoms with Gasteiger partial charge in [-0.15, -0.1) is 0 Å². The minimum Gasteiger partial charge on any atom is -0.484 e. The molecule has 2 aromatic carbocycles. The van der Waals surface area contributed by atoms with E-state index in [1.807, 2.05) is 0 Å². The van der Waals surface area contributed by atoms with Gasteiger partial charge in [-0.1, -0.05) is 37.3 Å². The molecule has 4 amide bonds. The minimum atomic E-state index is -1.27. The van der Waals surface area contributed by atoms with Crippen molar-refractivity contribution in [3.05, 3.63) is 65.7 Å². The highest BCUT2D eigenvalue weighted by Gasteiger charge is 2.49. The molecule has 1 aliphatic rings. The first-order chi connectivity index (χ1) is 13.8. The van der Waals surface area contributed by atoms with Gasteiger partial charge in [-0.2, -0.15) is 5.01 Å². The molecule has 1 atom stereocenters. The molecule has 8 nitrogen and oxygen atoms in total. The number of carbonyl (C=O) groups excluding carboxylic acids is 4. The van der Waals surface area contributed by atoms with Gasteiger partial charge in [0, 0.05) is 12.0 Å². The quantitative estimate of drug-likeness (QED) is 0.552. The van der Waals surface area contributed by atoms with Crippen molar-refractivity contribution >= 4 is 23.6 Å². The van der Waals surface area contributed by atoms with Gasteiger partial charge in [-0.25, -0.2) is 4.79 Å². The number of benzene rings is 2. The van der Waals surface area contributed by atoms with E-state index in [1.165, 1.54) is 0 Å². The number of hydrazine groups is 1. The lowest BCUT2D eigenvalue weighted by Crippen LogP contribution is -2.49. The number of hydrogen-bond donors (Lipinski definition) is 2. The second kappa shape index (κ2) is 8.14. The van der Waals surface area contributed by atoms with Crippen LogP contribution in [0.4, 0.5) is 4.79 Å². The average Bonchev–Trinajstić information content (AvgIpc) is 2.96. The zero-order valence-electron chi connectivity index (χ0n) is 16.1. The van der Waals surface area contributed by atoms with E-state index < -0.39 is 30.0 Å². The van der Waals surface area contributed by atoms with E-state index in [-0.39, 0.29) is 5.78 Å². The fourth-order valence-electron chi connectivity index (χ4n) is 2.95. The molecule has 0 aromatic heterocycles. The first-order valence-corrected chi connectivity index (χ1v) is 9.13. The number of nitrogens with zero attached hydrogens (tertiary/aromatic N) is 1. The molecule has 2 aromatic rings. The van der Waals surface area contributed by atoms with E-state index in [2.05, 4.69) is 10.7 Å². The van der Waals surface area contributed by atoms with Crippen LogP contribution in [0.15, 0.2) is 54.6 Å². The van der Waals surface area contributed by atoms with Crippen molar-refractivity contribution in [1.29, 1.82) is 0 Å². The van der Waals surface area contributed by atoms with Gasteiger partial charge in [0.2, 0.25) is 0 Å². The number of ether oxygens (including phenoxy) is 1. The van der Waals surface area contributed by atoms with Crippen LogP contribution in [0.2, 0.25) is 0 Å². The van der Waals surface area contributed by atoms with E-state index in [0.717, 1.165) is 0 Å². The van der Waals surface area contributed by atoms with Crippen molar-refractivity contribution < 1.29 is 23.9 Å². The van der Waals surface area contributed by atoms with Crippen molar-refractivity contribution in [2.24, 2.45) is 0 Å². The van der Waals surface area contributed by atoms with Crippen molar-refractivity contribution in [3.63, 3.8) is 0 Å².